The molecule has 0 spiro atoms. The predicted octanol–water partition coefficient (Wildman–Crippen LogP) is 2.88. The van der Waals surface area contributed by atoms with Crippen LogP contribution in [0.3, 0.4) is 0 Å². The van der Waals surface area contributed by atoms with Gasteiger partial charge in [-0.25, -0.2) is 0 Å². The highest BCUT2D eigenvalue weighted by molar-refractivity contribution is 5.47. The number of nitrogens with one attached hydrogen (secondary N) is 1. The summed E-state index contributed by atoms with van der Waals surface area (Å²) in [5, 5.41) is 7.86. The Morgan fingerprint density at radius 3 is 2.56 bits per heavy atom. The fourth-order valence-electron chi connectivity index (χ4n) is 2.97. The smallest absolute Gasteiger partial charge is 0.0875 e. The Morgan fingerprint density at radius 2 is 2.06 bits per heavy atom. The second kappa shape index (κ2) is 5.31. The largest absolute Gasteiger partial charge is 0.377 e. The van der Waals surface area contributed by atoms with Crippen LogP contribution in [-0.2, 0) is 11.8 Å². The van der Waals surface area contributed by atoms with Gasteiger partial charge in [-0.2, -0.15) is 5.10 Å². The zero-order valence-electron chi connectivity index (χ0n) is 12.0. The molecule has 1 aromatic heterocycles. The lowest BCUT2D eigenvalue weighted by molar-refractivity contribution is -0.0496. The van der Waals surface area contributed by atoms with Crippen LogP contribution in [0.15, 0.2) is 6.20 Å². The maximum absolute atomic E-state index is 5.87. The summed E-state index contributed by atoms with van der Waals surface area (Å²) in [4.78, 5) is 0. The van der Waals surface area contributed by atoms with Crippen molar-refractivity contribution in [1.29, 1.82) is 0 Å². The van der Waals surface area contributed by atoms with Gasteiger partial charge in [0.15, 0.2) is 0 Å². The van der Waals surface area contributed by atoms with Crippen molar-refractivity contribution in [2.24, 2.45) is 7.05 Å². The van der Waals surface area contributed by atoms with Crippen LogP contribution in [-0.4, -0.2) is 28.5 Å². The third-order valence-electron chi connectivity index (χ3n) is 4.50. The van der Waals surface area contributed by atoms with E-state index in [-0.39, 0.29) is 5.60 Å². The zero-order chi connectivity index (χ0) is 13.2. The van der Waals surface area contributed by atoms with Crippen molar-refractivity contribution in [3.05, 3.63) is 11.9 Å². The molecule has 1 aromatic rings. The van der Waals surface area contributed by atoms with Crippen molar-refractivity contribution in [1.82, 2.24) is 9.78 Å². The van der Waals surface area contributed by atoms with Crippen LogP contribution in [0.4, 0.5) is 5.69 Å². The molecule has 0 radical (unpaired) electrons. The molecule has 102 valence electrons. The summed E-state index contributed by atoms with van der Waals surface area (Å²) in [6, 6.07) is 0.311. The minimum atomic E-state index is -0.0134. The minimum absolute atomic E-state index is 0.0134. The topological polar surface area (TPSA) is 39.1 Å². The fourth-order valence-corrected chi connectivity index (χ4v) is 2.97. The van der Waals surface area contributed by atoms with Crippen LogP contribution in [0.25, 0.3) is 0 Å². The van der Waals surface area contributed by atoms with Crippen molar-refractivity contribution in [3.63, 3.8) is 0 Å². The highest BCUT2D eigenvalue weighted by atomic mass is 16.5. The third-order valence-corrected chi connectivity index (χ3v) is 4.50. The predicted molar refractivity (Wildman–Crippen MR) is 73.9 cm³/mol. The first kappa shape index (κ1) is 13.4. The summed E-state index contributed by atoms with van der Waals surface area (Å²) in [5.74, 6) is 0. The van der Waals surface area contributed by atoms with Crippen LogP contribution in [0, 0.1) is 6.92 Å². The van der Waals surface area contributed by atoms with E-state index < -0.39 is 0 Å². The lowest BCUT2D eigenvalue weighted by Crippen LogP contribution is -2.48. The first-order chi connectivity index (χ1) is 8.59. The van der Waals surface area contributed by atoms with Crippen LogP contribution >= 0.6 is 0 Å². The van der Waals surface area contributed by atoms with Gasteiger partial charge in [0, 0.05) is 14.2 Å². The van der Waals surface area contributed by atoms with Crippen LogP contribution in [0.2, 0.25) is 0 Å². The zero-order valence-corrected chi connectivity index (χ0v) is 12.0. The fraction of sp³-hybridized carbons (Fsp3) is 0.786. The van der Waals surface area contributed by atoms with E-state index in [4.69, 9.17) is 4.74 Å². The third kappa shape index (κ3) is 2.39. The van der Waals surface area contributed by atoms with Crippen molar-refractivity contribution < 1.29 is 4.74 Å². The summed E-state index contributed by atoms with van der Waals surface area (Å²) in [5.41, 5.74) is 2.27. The van der Waals surface area contributed by atoms with Crippen molar-refractivity contribution in [2.75, 3.05) is 12.4 Å². The molecule has 1 aliphatic carbocycles. The average molecular weight is 251 g/mol. The number of rotatable bonds is 4. The van der Waals surface area contributed by atoms with E-state index in [0.717, 1.165) is 18.5 Å². The van der Waals surface area contributed by atoms with Crippen LogP contribution in [0.1, 0.15) is 44.7 Å². The van der Waals surface area contributed by atoms with Gasteiger partial charge in [-0.05, 0) is 26.7 Å². The summed E-state index contributed by atoms with van der Waals surface area (Å²) in [7, 11) is 3.82. The molecule has 1 heterocycles. The SMILES string of the molecule is COC1(C(C)Nc2cnn(C)c2C)CCCCC1. The van der Waals surface area contributed by atoms with Gasteiger partial charge in [0.05, 0.1) is 29.2 Å². The van der Waals surface area contributed by atoms with E-state index in [2.05, 4.69) is 24.3 Å². The van der Waals surface area contributed by atoms with E-state index in [0.29, 0.717) is 6.04 Å². The number of aryl methyl sites for hydroxylation is 1. The number of anilines is 1. The monoisotopic (exact) mass is 251 g/mol. The Bertz CT molecular complexity index is 394. The van der Waals surface area contributed by atoms with Gasteiger partial charge in [0.25, 0.3) is 0 Å². The molecule has 4 heteroatoms. The normalized spacial score (nSPS) is 20.7. The summed E-state index contributed by atoms with van der Waals surface area (Å²) in [6.07, 6.45) is 8.08. The highest BCUT2D eigenvalue weighted by Crippen LogP contribution is 2.35. The van der Waals surface area contributed by atoms with E-state index in [1.54, 1.807) is 0 Å². The first-order valence-electron chi connectivity index (χ1n) is 6.89. The molecule has 0 saturated heterocycles. The lowest BCUT2D eigenvalue weighted by atomic mass is 9.79. The van der Waals surface area contributed by atoms with Crippen molar-refractivity contribution >= 4 is 5.69 Å². The number of ether oxygens (including phenoxy) is 1. The lowest BCUT2D eigenvalue weighted by Gasteiger charge is -2.41. The molecule has 4 nitrogen and oxygen atoms in total. The maximum atomic E-state index is 5.87. The Morgan fingerprint density at radius 1 is 1.39 bits per heavy atom. The molecule has 1 unspecified atom stereocenters. The van der Waals surface area contributed by atoms with Crippen molar-refractivity contribution in [3.8, 4) is 0 Å². The van der Waals surface area contributed by atoms with Crippen molar-refractivity contribution in [2.45, 2.75) is 57.6 Å². The second-order valence-corrected chi connectivity index (χ2v) is 5.46. The average Bonchev–Trinajstić information content (AvgIpc) is 2.71. The summed E-state index contributed by atoms with van der Waals surface area (Å²) < 4.78 is 7.77. The van der Waals surface area contributed by atoms with Crippen LogP contribution < -0.4 is 5.32 Å². The van der Waals surface area contributed by atoms with Gasteiger partial charge in [-0.15, -0.1) is 0 Å². The molecule has 1 aliphatic rings. The summed E-state index contributed by atoms with van der Waals surface area (Å²) in [6.45, 7) is 4.31. The summed E-state index contributed by atoms with van der Waals surface area (Å²) >= 11 is 0. The number of methoxy groups -OCH3 is 1. The number of aromatic nitrogens is 2. The number of nitrogens with zero attached hydrogens (tertiary/aromatic N) is 2. The van der Waals surface area contributed by atoms with Crippen LogP contribution in [0.5, 0.6) is 0 Å². The molecule has 0 amide bonds. The van der Waals surface area contributed by atoms with Gasteiger partial charge < -0.3 is 10.1 Å². The molecular weight excluding hydrogens is 226 g/mol. The van der Waals surface area contributed by atoms with E-state index in [1.807, 2.05) is 25.0 Å². The number of hydrogen-bond acceptors (Lipinski definition) is 3. The Hall–Kier alpha value is -1.03. The van der Waals surface area contributed by atoms with E-state index in [9.17, 15) is 0 Å². The molecule has 1 saturated carbocycles. The van der Waals surface area contributed by atoms with Gasteiger partial charge >= 0.3 is 0 Å². The molecule has 0 aromatic carbocycles. The quantitative estimate of drug-likeness (QED) is 0.894. The maximum Gasteiger partial charge on any atom is 0.0875 e. The standard InChI is InChI=1S/C14H25N3O/c1-11-13(10-15-17(11)3)16-12(2)14(18-4)8-6-5-7-9-14/h10,12,16H,5-9H2,1-4H3. The van der Waals surface area contributed by atoms with Gasteiger partial charge in [-0.3, -0.25) is 4.68 Å². The molecule has 2 rings (SSSR count). The molecule has 1 atom stereocenters. The van der Waals surface area contributed by atoms with E-state index >= 15 is 0 Å². The van der Waals surface area contributed by atoms with Gasteiger partial charge in [-0.1, -0.05) is 19.3 Å². The highest BCUT2D eigenvalue weighted by Gasteiger charge is 2.37. The first-order valence-corrected chi connectivity index (χ1v) is 6.89. The Balaban J connectivity index is 2.10. The molecular formula is C14H25N3O. The Labute approximate surface area is 110 Å². The molecule has 0 bridgehead atoms. The molecule has 1 fully saturated rings. The Kier molecular flexibility index (Phi) is 3.95. The molecule has 0 aliphatic heterocycles. The molecule has 18 heavy (non-hydrogen) atoms. The minimum Gasteiger partial charge on any atom is -0.377 e. The second-order valence-electron chi connectivity index (χ2n) is 5.46. The van der Waals surface area contributed by atoms with Gasteiger partial charge in [0.2, 0.25) is 0 Å². The van der Waals surface area contributed by atoms with Gasteiger partial charge in [0.1, 0.15) is 0 Å². The number of hydrogen-bond donors (Lipinski definition) is 1. The van der Waals surface area contributed by atoms with E-state index in [1.165, 1.54) is 25.0 Å². The molecule has 1 N–H and O–H groups in total.